The Bertz CT molecular complexity index is 3390. The molecule has 90 heavy (non-hydrogen) atoms. The van der Waals surface area contributed by atoms with Gasteiger partial charge in [0.05, 0.1) is 30.0 Å². The Morgan fingerprint density at radius 1 is 0.611 bits per heavy atom. The fourth-order valence-electron chi connectivity index (χ4n) is 17.2. The van der Waals surface area contributed by atoms with Crippen LogP contribution < -0.4 is 16.4 Å². The molecule has 4 aromatic rings. The highest BCUT2D eigenvalue weighted by atomic mass is 35.5. The topological polar surface area (TPSA) is 217 Å². The van der Waals surface area contributed by atoms with Crippen LogP contribution in [0.25, 0.3) is 0 Å². The van der Waals surface area contributed by atoms with Crippen molar-refractivity contribution in [2.24, 2.45) is 45.1 Å². The van der Waals surface area contributed by atoms with Crippen LogP contribution in [-0.4, -0.2) is 81.7 Å². The van der Waals surface area contributed by atoms with Gasteiger partial charge >= 0.3 is 5.97 Å². The third-order valence-electron chi connectivity index (χ3n) is 21.8. The standard InChI is InChI=1S/C35H41Cl2FN2O4.C25H25Cl2FN2O3.C9H17NO2.ClH/c1-4-5-26(41)28-9-6-20(19-44-28)16-27(42)23-18-34(13-11-33(2,3)12-14-34)35(29(23)22-10-15-39-31(37)30(22)38)24-8-7-21(36)17-25(24)40-32(35)43;1-23(2)6-8-24(9-7-23)12-15(21(31)32)18(14-5-10-29-20(27)19(14)28)25(24)16-4-3-13(26)11-17(16)30-22(25)33;1-2-3-8(11)9-5-4-7(10)6-12-9;/h7-8,10,15,17,20,23,28-29H,4-6,9,11-14,16,18-19H2,1-3H3,(H,40,43);3-5,10-11,15,18H,6-9,12H2,1-2H3,(H,30,33)(H,31,32);7,9H,2-6,10H2,1H3;1H/t20-,23-,28-,29-,35+;15-,18+,25?;7-,9+;/m011./s1. The zero-order valence-electron chi connectivity index (χ0n) is 52.1. The van der Waals surface area contributed by atoms with Gasteiger partial charge in [0.25, 0.3) is 0 Å². The summed E-state index contributed by atoms with van der Waals surface area (Å²) < 4.78 is 42.8. The number of carboxylic acid groups (broad SMARTS) is 1. The lowest BCUT2D eigenvalue weighted by Gasteiger charge is -2.51. The number of hydrogen-bond donors (Lipinski definition) is 4. The van der Waals surface area contributed by atoms with Crippen molar-refractivity contribution in [1.29, 1.82) is 0 Å². The van der Waals surface area contributed by atoms with E-state index in [-0.39, 0.29) is 105 Å². The van der Waals surface area contributed by atoms with Crippen LogP contribution in [0, 0.1) is 51.0 Å². The van der Waals surface area contributed by atoms with E-state index >= 15 is 8.78 Å². The Balaban J connectivity index is 0.000000183. The van der Waals surface area contributed by atoms with Crippen LogP contribution in [0.5, 0.6) is 0 Å². The largest absolute Gasteiger partial charge is 0.481 e. The summed E-state index contributed by atoms with van der Waals surface area (Å²) in [5, 5.41) is 16.8. The first-order valence-corrected chi connectivity index (χ1v) is 33.3. The van der Waals surface area contributed by atoms with Crippen LogP contribution in [0.4, 0.5) is 20.2 Å². The maximum atomic E-state index is 16.1. The number of halogens is 7. The third-order valence-corrected chi connectivity index (χ3v) is 22.8. The van der Waals surface area contributed by atoms with Crippen molar-refractivity contribution in [3.8, 4) is 0 Å². The molecule has 4 saturated carbocycles. The second-order valence-electron chi connectivity index (χ2n) is 28.2. The number of benzene rings is 2. The number of aliphatic carboxylic acids is 1. The van der Waals surface area contributed by atoms with Gasteiger partial charge in [-0.1, -0.05) is 100 Å². The third kappa shape index (κ3) is 12.7. The number of nitrogens with zero attached hydrogens (tertiary/aromatic N) is 2. The lowest BCUT2D eigenvalue weighted by Crippen LogP contribution is -2.52. The molecule has 2 saturated heterocycles. The predicted molar refractivity (Wildman–Crippen MR) is 347 cm³/mol. The van der Waals surface area contributed by atoms with E-state index in [1.165, 1.54) is 18.5 Å². The molecule has 4 aliphatic heterocycles. The number of Topliss-reactive ketones (excluding diaryl/α,β-unsaturated/α-hetero) is 3. The van der Waals surface area contributed by atoms with Gasteiger partial charge in [0.2, 0.25) is 11.8 Å². The van der Waals surface area contributed by atoms with Crippen molar-refractivity contribution in [1.82, 2.24) is 9.97 Å². The highest BCUT2D eigenvalue weighted by molar-refractivity contribution is 6.32. The van der Waals surface area contributed by atoms with Gasteiger partial charge in [-0.05, 0) is 189 Å². The van der Waals surface area contributed by atoms with Gasteiger partial charge in [0.15, 0.2) is 33.5 Å². The number of anilines is 2. The monoisotopic (exact) mass is 1340 g/mol. The summed E-state index contributed by atoms with van der Waals surface area (Å²) in [4.78, 5) is 87.3. The van der Waals surface area contributed by atoms with E-state index in [2.05, 4.69) is 48.3 Å². The average Bonchev–Trinajstić information content (AvgIpc) is 1.51. The van der Waals surface area contributed by atoms with E-state index in [9.17, 15) is 33.9 Å². The molecule has 2 aromatic heterocycles. The molecule has 6 fully saturated rings. The van der Waals surface area contributed by atoms with Gasteiger partial charge in [-0.25, -0.2) is 18.7 Å². The van der Waals surface area contributed by atoms with Gasteiger partial charge in [-0.15, -0.1) is 12.4 Å². The number of pyridine rings is 2. The van der Waals surface area contributed by atoms with Crippen LogP contribution in [0.2, 0.25) is 20.4 Å². The summed E-state index contributed by atoms with van der Waals surface area (Å²) in [5.41, 5.74) is 5.21. The zero-order valence-corrected chi connectivity index (χ0v) is 55.9. The fourth-order valence-corrected chi connectivity index (χ4v) is 17.9. The first-order valence-electron chi connectivity index (χ1n) is 31.8. The summed E-state index contributed by atoms with van der Waals surface area (Å²) in [6, 6.07) is 13.8. The average molecular weight is 1340 g/mol. The van der Waals surface area contributed by atoms with Crippen LogP contribution in [0.1, 0.15) is 198 Å². The first kappa shape index (κ1) is 69.7. The van der Waals surface area contributed by atoms with Crippen molar-refractivity contribution in [3.05, 3.63) is 115 Å². The molecular formula is C69H84Cl5F2N5O9. The summed E-state index contributed by atoms with van der Waals surface area (Å²) in [6.07, 6.45) is 15.5. The number of aromatic nitrogens is 2. The fraction of sp³-hybridized carbons (Fsp3) is 0.594. The molecule has 4 aliphatic carbocycles. The summed E-state index contributed by atoms with van der Waals surface area (Å²) in [6.45, 7) is 13.7. The number of rotatable bonds is 12. The molecule has 0 bridgehead atoms. The minimum absolute atomic E-state index is 0. The summed E-state index contributed by atoms with van der Waals surface area (Å²) >= 11 is 24.9. The molecule has 10 atom stereocenters. The highest BCUT2D eigenvalue weighted by Crippen LogP contribution is 2.74. The van der Waals surface area contributed by atoms with Crippen molar-refractivity contribution in [3.63, 3.8) is 0 Å². The van der Waals surface area contributed by atoms with E-state index in [4.69, 9.17) is 61.6 Å². The number of hydrogen-bond acceptors (Lipinski definition) is 11. The van der Waals surface area contributed by atoms with Crippen LogP contribution in [0.15, 0.2) is 60.9 Å². The lowest BCUT2D eigenvalue weighted by molar-refractivity contribution is -0.142. The first-order chi connectivity index (χ1) is 42.2. The Hall–Kier alpha value is -4.65. The number of ether oxygens (including phenoxy) is 2. The maximum absolute atomic E-state index is 16.1. The van der Waals surface area contributed by atoms with Gasteiger partial charge in [0, 0.05) is 76.9 Å². The number of nitrogens with one attached hydrogen (secondary N) is 2. The molecule has 8 aliphatic rings. The zero-order chi connectivity index (χ0) is 64.2. The molecule has 2 amide bonds. The molecule has 21 heteroatoms. The van der Waals surface area contributed by atoms with Crippen molar-refractivity contribution >= 4 is 105 Å². The van der Waals surface area contributed by atoms with Crippen molar-refractivity contribution < 1.29 is 52.1 Å². The Morgan fingerprint density at radius 2 is 1.03 bits per heavy atom. The predicted octanol–water partition coefficient (Wildman–Crippen LogP) is 15.7. The minimum Gasteiger partial charge on any atom is -0.481 e. The van der Waals surface area contributed by atoms with Gasteiger partial charge in [0.1, 0.15) is 18.0 Å². The van der Waals surface area contributed by atoms with E-state index in [0.717, 1.165) is 69.8 Å². The smallest absolute Gasteiger partial charge is 0.307 e. The minimum atomic E-state index is -1.25. The van der Waals surface area contributed by atoms with E-state index < -0.39 is 69.0 Å². The number of carbonyl (C=O) groups excluding carboxylic acids is 5. The molecule has 12 rings (SSSR count). The molecule has 14 nitrogen and oxygen atoms in total. The normalized spacial score (nSPS) is 29.6. The Kier molecular flexibility index (Phi) is 21.2. The molecule has 4 spiro atoms. The number of carbonyl (C=O) groups is 6. The van der Waals surface area contributed by atoms with Gasteiger partial charge in [-0.3, -0.25) is 28.8 Å². The molecule has 2 aromatic carbocycles. The number of fused-ring (bicyclic) bond motifs is 6. The summed E-state index contributed by atoms with van der Waals surface area (Å²) in [5.74, 6) is -5.94. The number of ketones is 3. The molecule has 5 N–H and O–H groups in total. The molecular weight excluding hydrogens is 1260 g/mol. The number of amides is 2. The second-order valence-corrected chi connectivity index (χ2v) is 29.8. The molecule has 6 heterocycles. The van der Waals surface area contributed by atoms with Crippen molar-refractivity contribution in [2.45, 2.75) is 204 Å². The van der Waals surface area contributed by atoms with E-state index in [1.807, 2.05) is 19.9 Å². The Labute approximate surface area is 552 Å². The SMILES string of the molecule is CC1(C)CCC2(CC1)C[C@@H](C(=O)O)[C@H](c1ccnc(Cl)c1F)C21C(=O)Nc2cc(Cl)ccc21.CCCC(=O)[C@@H]1CC[C@@H](CC(=O)[C@@H]2CC3(CCC(C)(C)CC3)[C@@]3(C(=O)Nc4cc(Cl)ccc43)[C@H]2c2ccnc(Cl)c2F)CO1.CCCC(=O)[C@@H]1CC[C@@H](N)CO1.Cl. The quantitative estimate of drug-likeness (QED) is 0.0974. The maximum Gasteiger partial charge on any atom is 0.307 e. The second kappa shape index (κ2) is 27.4. The van der Waals surface area contributed by atoms with Crippen molar-refractivity contribution in [2.75, 3.05) is 23.8 Å². The number of carboxylic acids is 1. The highest BCUT2D eigenvalue weighted by Gasteiger charge is 2.74. The van der Waals surface area contributed by atoms with Gasteiger partial charge < -0.3 is 30.9 Å². The Morgan fingerprint density at radius 3 is 1.43 bits per heavy atom. The van der Waals surface area contributed by atoms with E-state index in [0.29, 0.717) is 85.1 Å². The summed E-state index contributed by atoms with van der Waals surface area (Å²) in [7, 11) is 0. The van der Waals surface area contributed by atoms with Gasteiger partial charge in [-0.2, -0.15) is 0 Å². The lowest BCUT2D eigenvalue weighted by atomic mass is 9.51. The molecule has 1 unspecified atom stereocenters. The van der Waals surface area contributed by atoms with Crippen LogP contribution in [0.3, 0.4) is 0 Å². The number of nitrogens with two attached hydrogens (primary N) is 1. The molecule has 0 radical (unpaired) electrons. The van der Waals surface area contributed by atoms with Crippen LogP contribution >= 0.6 is 58.8 Å². The molecule has 488 valence electrons. The van der Waals surface area contributed by atoms with Crippen LogP contribution in [-0.2, 0) is 49.1 Å². The van der Waals surface area contributed by atoms with E-state index in [1.54, 1.807) is 36.4 Å².